The molecular formula is C75H51N9. The molecule has 0 spiro atoms. The molecule has 0 saturated carbocycles. The fraction of sp³-hybridized carbons (Fsp3) is 0. The first-order valence-electron chi connectivity index (χ1n) is 28.3. The quantitative estimate of drug-likeness (QED) is 0.121. The summed E-state index contributed by atoms with van der Waals surface area (Å²) in [4.78, 5) is 23.9. The van der Waals surface area contributed by atoms with Crippen LogP contribution in [0.15, 0.2) is 309 Å². The van der Waals surface area contributed by atoms with Gasteiger partial charge >= 0.3 is 0 Å². The lowest BCUT2D eigenvalue weighted by atomic mass is 10.1. The molecule has 0 amide bonds. The summed E-state index contributed by atoms with van der Waals surface area (Å²) in [7, 11) is 0. The molecule has 12 aromatic carbocycles. The third-order valence-electron chi connectivity index (χ3n) is 16.0. The maximum atomic E-state index is 5.72. The lowest BCUT2D eigenvalue weighted by Crippen LogP contribution is -2.18. The lowest BCUT2D eigenvalue weighted by molar-refractivity contribution is 0.878. The minimum atomic E-state index is 0.450. The molecule has 16 rings (SSSR count). The Balaban J connectivity index is 0.975. The number of hydrogen-bond donors (Lipinski definition) is 0. The van der Waals surface area contributed by atoms with Crippen molar-refractivity contribution >= 4 is 117 Å². The number of anilines is 9. The summed E-state index contributed by atoms with van der Waals surface area (Å²) in [5, 5.41) is 6.54. The van der Waals surface area contributed by atoms with E-state index in [0.717, 1.165) is 117 Å². The van der Waals surface area contributed by atoms with Crippen LogP contribution in [0.5, 0.6) is 0 Å². The van der Waals surface area contributed by atoms with E-state index in [2.05, 4.69) is 338 Å². The molecule has 84 heavy (non-hydrogen) atoms. The van der Waals surface area contributed by atoms with Gasteiger partial charge in [-0.05, 0) is 140 Å². The maximum absolute atomic E-state index is 5.72. The molecule has 0 unspecified atom stereocenters. The van der Waals surface area contributed by atoms with E-state index in [-0.39, 0.29) is 0 Å². The first-order valence-corrected chi connectivity index (χ1v) is 28.3. The monoisotopic (exact) mass is 1080 g/mol. The Labute approximate surface area is 484 Å². The number of benzene rings is 12. The summed E-state index contributed by atoms with van der Waals surface area (Å²) < 4.78 is 6.78. The van der Waals surface area contributed by atoms with Gasteiger partial charge in [0, 0.05) is 83.5 Å². The lowest BCUT2D eigenvalue weighted by Gasteiger charge is -2.26. The van der Waals surface area contributed by atoms with Crippen molar-refractivity contribution in [3.8, 4) is 17.6 Å². The van der Waals surface area contributed by atoms with E-state index in [9.17, 15) is 0 Å². The third-order valence-corrected chi connectivity index (χ3v) is 16.0. The highest BCUT2D eigenvalue weighted by Gasteiger charge is 2.26. The van der Waals surface area contributed by atoms with Crippen molar-refractivity contribution in [3.05, 3.63) is 309 Å². The second-order valence-electron chi connectivity index (χ2n) is 20.9. The van der Waals surface area contributed by atoms with Gasteiger partial charge in [0.25, 0.3) is 0 Å². The molecular weight excluding hydrogens is 1030 g/mol. The Morgan fingerprint density at radius 1 is 0.202 bits per heavy atom. The Morgan fingerprint density at radius 2 is 0.512 bits per heavy atom. The van der Waals surface area contributed by atoms with Gasteiger partial charge in [0.2, 0.25) is 17.8 Å². The van der Waals surface area contributed by atoms with Gasteiger partial charge in [0.1, 0.15) is 0 Å². The smallest absolute Gasteiger partial charge is 0.241 e. The van der Waals surface area contributed by atoms with Crippen LogP contribution in [0.4, 0.5) is 51.4 Å². The van der Waals surface area contributed by atoms with Gasteiger partial charge in [-0.3, -0.25) is 14.0 Å². The second kappa shape index (κ2) is 20.2. The van der Waals surface area contributed by atoms with Crippen LogP contribution in [0.3, 0.4) is 0 Å². The molecule has 0 atom stereocenters. The average Bonchev–Trinajstić information content (AvgIpc) is 4.00. The van der Waals surface area contributed by atoms with Gasteiger partial charge in [-0.25, -0.2) is 0 Å². The minimum Gasteiger partial charge on any atom is -0.310 e. The number of nitrogens with zero attached hydrogens (tertiary/aromatic N) is 9. The number of rotatable bonds is 12. The molecule has 0 aliphatic carbocycles. The van der Waals surface area contributed by atoms with Gasteiger partial charge in [0.05, 0.1) is 33.1 Å². The third kappa shape index (κ3) is 8.13. The van der Waals surface area contributed by atoms with Crippen LogP contribution in [-0.4, -0.2) is 28.7 Å². The van der Waals surface area contributed by atoms with E-state index in [0.29, 0.717) is 17.8 Å². The molecule has 0 aliphatic rings. The van der Waals surface area contributed by atoms with Crippen LogP contribution in [0, 0.1) is 0 Å². The van der Waals surface area contributed by atoms with E-state index >= 15 is 0 Å². The van der Waals surface area contributed by atoms with Crippen molar-refractivity contribution < 1.29 is 0 Å². The van der Waals surface area contributed by atoms with E-state index in [1.165, 1.54) is 0 Å². The van der Waals surface area contributed by atoms with Crippen LogP contribution < -0.4 is 14.7 Å². The van der Waals surface area contributed by atoms with Crippen molar-refractivity contribution in [2.24, 2.45) is 0 Å². The summed E-state index contributed by atoms with van der Waals surface area (Å²) in [6.07, 6.45) is 0. The minimum absolute atomic E-state index is 0.450. The van der Waals surface area contributed by atoms with E-state index in [1.54, 1.807) is 0 Å². The van der Waals surface area contributed by atoms with Crippen molar-refractivity contribution in [3.63, 3.8) is 0 Å². The summed E-state index contributed by atoms with van der Waals surface area (Å²) in [5.41, 5.74) is 15.2. The van der Waals surface area contributed by atoms with Crippen LogP contribution in [0.2, 0.25) is 0 Å². The van der Waals surface area contributed by atoms with Gasteiger partial charge in [-0.1, -0.05) is 170 Å². The molecule has 0 radical (unpaired) electrons. The normalized spacial score (nSPS) is 11.6. The van der Waals surface area contributed by atoms with Crippen LogP contribution in [0.1, 0.15) is 0 Å². The van der Waals surface area contributed by atoms with Crippen molar-refractivity contribution in [2.75, 3.05) is 14.7 Å². The predicted octanol–water partition coefficient (Wildman–Crippen LogP) is 19.6. The summed E-state index contributed by atoms with van der Waals surface area (Å²) in [6, 6.07) is 109. The fourth-order valence-corrected chi connectivity index (χ4v) is 12.4. The van der Waals surface area contributed by atoms with E-state index in [1.807, 2.05) is 0 Å². The number of hydrogen-bond acceptors (Lipinski definition) is 6. The zero-order valence-corrected chi connectivity index (χ0v) is 45.5. The molecule has 0 saturated heterocycles. The molecule has 396 valence electrons. The van der Waals surface area contributed by atoms with Crippen molar-refractivity contribution in [1.29, 1.82) is 0 Å². The van der Waals surface area contributed by atoms with Crippen LogP contribution in [0.25, 0.3) is 83.0 Å². The maximum Gasteiger partial charge on any atom is 0.241 e. The van der Waals surface area contributed by atoms with E-state index in [4.69, 9.17) is 15.0 Å². The van der Waals surface area contributed by atoms with Gasteiger partial charge < -0.3 is 14.4 Å². The molecule has 4 aromatic heterocycles. The topological polar surface area (TPSA) is 63.2 Å². The number of para-hydroxylation sites is 9. The summed E-state index contributed by atoms with van der Waals surface area (Å²) >= 11 is 0. The number of aromatic nitrogens is 6. The molecule has 0 fully saturated rings. The zero-order valence-electron chi connectivity index (χ0n) is 45.5. The fourth-order valence-electron chi connectivity index (χ4n) is 12.4. The zero-order chi connectivity index (χ0) is 55.5. The van der Waals surface area contributed by atoms with Gasteiger partial charge in [-0.15, -0.1) is 0 Å². The SMILES string of the molecule is c1ccc(N(c2ccccc2)c2ccc3c(c2)c2ccccc2n3-c2nc(N(c3ccccc3)c3ccc4c(c3)c3ccccc3n4-c3ccccc3)nc(-n3c4ccccc4c4ccc(N(c5ccccc5)c5ccccc5)cc43)n2)cc1. The second-order valence-corrected chi connectivity index (χ2v) is 20.9. The Kier molecular flexibility index (Phi) is 11.6. The first kappa shape index (κ1) is 48.4. The Hall–Kier alpha value is -11.6. The summed E-state index contributed by atoms with van der Waals surface area (Å²) in [6.45, 7) is 0. The van der Waals surface area contributed by atoms with Gasteiger partial charge in [0.15, 0.2) is 0 Å². The van der Waals surface area contributed by atoms with Crippen molar-refractivity contribution in [2.45, 2.75) is 0 Å². The molecule has 16 aromatic rings. The highest BCUT2D eigenvalue weighted by molar-refractivity contribution is 6.13. The molecule has 9 heteroatoms. The Morgan fingerprint density at radius 3 is 0.976 bits per heavy atom. The molecule has 9 nitrogen and oxygen atoms in total. The molecule has 4 heterocycles. The molecule has 0 N–H and O–H groups in total. The van der Waals surface area contributed by atoms with Crippen LogP contribution >= 0.6 is 0 Å². The van der Waals surface area contributed by atoms with Crippen LogP contribution in [-0.2, 0) is 0 Å². The Bertz CT molecular complexity index is 5000. The van der Waals surface area contributed by atoms with E-state index < -0.39 is 0 Å². The van der Waals surface area contributed by atoms with Gasteiger partial charge in [-0.2, -0.15) is 15.0 Å². The predicted molar refractivity (Wildman–Crippen MR) is 347 cm³/mol. The molecule has 0 bridgehead atoms. The molecule has 0 aliphatic heterocycles. The largest absolute Gasteiger partial charge is 0.310 e. The number of fused-ring (bicyclic) bond motifs is 9. The van der Waals surface area contributed by atoms with Crippen molar-refractivity contribution in [1.82, 2.24) is 28.7 Å². The first-order chi connectivity index (χ1) is 41.7. The summed E-state index contributed by atoms with van der Waals surface area (Å²) in [5.74, 6) is 1.39. The highest BCUT2D eigenvalue weighted by Crippen LogP contribution is 2.44. The average molecular weight is 1080 g/mol. The standard InChI is InChI=1S/C75H51N9/c1-7-25-52(26-8-1)79(53-27-9-2-10-28-53)58-44-48-71-66(49-58)63-39-21-24-42-69(63)83(71)74-76-73(81(56-33-15-5-16-34-56)59-45-47-70-65(50-59)62-38-20-22-40-67(62)82(70)57-35-17-6-18-36-57)77-75(78-74)84-68-41-23-19-37-61(68)64-46-43-60(51-72(64)84)80(54-29-11-3-12-30-54)55-31-13-4-14-32-55/h1-51H. The highest BCUT2D eigenvalue weighted by atomic mass is 15.4.